The first kappa shape index (κ1) is 25.1. The summed E-state index contributed by atoms with van der Waals surface area (Å²) in [6.07, 6.45) is 8.87. The highest BCUT2D eigenvalue weighted by Crippen LogP contribution is 2.44. The Labute approximate surface area is 251 Å². The molecule has 0 bridgehead atoms. The number of allylic oxidation sites excluding steroid dienone is 4. The van der Waals surface area contributed by atoms with E-state index < -0.39 is 5.41 Å². The van der Waals surface area contributed by atoms with Crippen molar-refractivity contribution in [3.63, 3.8) is 0 Å². The minimum atomic E-state index is -0.654. The summed E-state index contributed by atoms with van der Waals surface area (Å²) in [5.74, 6) is 0. The van der Waals surface area contributed by atoms with E-state index in [9.17, 15) is 5.26 Å². The van der Waals surface area contributed by atoms with Crippen molar-refractivity contribution in [1.29, 1.82) is 5.26 Å². The first-order valence-electron chi connectivity index (χ1n) is 14.7. The van der Waals surface area contributed by atoms with E-state index in [-0.39, 0.29) is 0 Å². The zero-order valence-corrected chi connectivity index (χ0v) is 23.6. The maximum atomic E-state index is 10.4. The van der Waals surface area contributed by atoms with Gasteiger partial charge in [0.05, 0.1) is 6.07 Å². The summed E-state index contributed by atoms with van der Waals surface area (Å²) in [6, 6.07) is 50.3. The molecular formula is C41H28N2. The average molecular weight is 549 g/mol. The molecule has 0 amide bonds. The molecular weight excluding hydrogens is 520 g/mol. The van der Waals surface area contributed by atoms with Crippen LogP contribution >= 0.6 is 0 Å². The van der Waals surface area contributed by atoms with Crippen LogP contribution < -0.4 is 4.90 Å². The van der Waals surface area contributed by atoms with Crippen LogP contribution in [0.3, 0.4) is 0 Å². The molecule has 8 rings (SSSR count). The largest absolute Gasteiger partial charge is 0.311 e. The number of anilines is 3. The van der Waals surface area contributed by atoms with Crippen LogP contribution in [0.2, 0.25) is 0 Å². The Morgan fingerprint density at radius 1 is 0.558 bits per heavy atom. The van der Waals surface area contributed by atoms with E-state index >= 15 is 0 Å². The van der Waals surface area contributed by atoms with E-state index in [1.54, 1.807) is 0 Å². The predicted molar refractivity (Wildman–Crippen MR) is 180 cm³/mol. The predicted octanol–water partition coefficient (Wildman–Crippen LogP) is 11.0. The third-order valence-electron chi connectivity index (χ3n) is 8.88. The monoisotopic (exact) mass is 548 g/mol. The molecule has 0 aliphatic heterocycles. The molecule has 0 heterocycles. The van der Waals surface area contributed by atoms with Gasteiger partial charge in [0.1, 0.15) is 5.41 Å². The third kappa shape index (κ3) is 4.02. The molecule has 43 heavy (non-hydrogen) atoms. The van der Waals surface area contributed by atoms with Gasteiger partial charge in [-0.05, 0) is 91.8 Å². The molecule has 0 fully saturated rings. The maximum absolute atomic E-state index is 10.4. The third-order valence-corrected chi connectivity index (χ3v) is 8.88. The zero-order valence-electron chi connectivity index (χ0n) is 23.6. The van der Waals surface area contributed by atoms with Crippen LogP contribution in [0, 0.1) is 11.3 Å². The number of nitrogens with zero attached hydrogens (tertiary/aromatic N) is 2. The summed E-state index contributed by atoms with van der Waals surface area (Å²) < 4.78 is 0. The van der Waals surface area contributed by atoms with Gasteiger partial charge >= 0.3 is 0 Å². The van der Waals surface area contributed by atoms with Crippen LogP contribution in [0.4, 0.5) is 17.1 Å². The molecule has 0 spiro atoms. The highest BCUT2D eigenvalue weighted by molar-refractivity contribution is 6.26. The Hall–Kier alpha value is -5.65. The van der Waals surface area contributed by atoms with Gasteiger partial charge in [-0.1, -0.05) is 121 Å². The topological polar surface area (TPSA) is 27.0 Å². The quantitative estimate of drug-likeness (QED) is 0.200. The SMILES string of the molecule is N#CC1(c2ccc3ccc4c(-c5ccc(N(c6ccccc6)c6ccccc6)cc5)ccc5ccc2c3c54)C=CC=CC1. The number of hydrogen-bond acceptors (Lipinski definition) is 2. The Kier molecular flexibility index (Phi) is 5.84. The molecule has 1 aliphatic rings. The van der Waals surface area contributed by atoms with Crippen LogP contribution in [0.5, 0.6) is 0 Å². The van der Waals surface area contributed by atoms with Crippen LogP contribution in [0.15, 0.2) is 158 Å². The van der Waals surface area contributed by atoms with Gasteiger partial charge in [-0.2, -0.15) is 5.26 Å². The van der Waals surface area contributed by atoms with Crippen molar-refractivity contribution < 1.29 is 0 Å². The second kappa shape index (κ2) is 10.0. The lowest BCUT2D eigenvalue weighted by Gasteiger charge is -2.27. The van der Waals surface area contributed by atoms with E-state index in [0.717, 1.165) is 28.0 Å². The molecule has 2 heteroatoms. The van der Waals surface area contributed by atoms with Crippen LogP contribution in [0.1, 0.15) is 12.0 Å². The lowest BCUT2D eigenvalue weighted by atomic mass is 9.74. The molecule has 202 valence electrons. The van der Waals surface area contributed by atoms with E-state index in [1.165, 1.54) is 38.1 Å². The Morgan fingerprint density at radius 3 is 1.77 bits per heavy atom. The van der Waals surface area contributed by atoms with Gasteiger partial charge in [-0.25, -0.2) is 0 Å². The fourth-order valence-electron chi connectivity index (χ4n) is 6.80. The van der Waals surface area contributed by atoms with E-state index in [0.29, 0.717) is 6.42 Å². The van der Waals surface area contributed by atoms with Gasteiger partial charge in [0, 0.05) is 17.1 Å². The summed E-state index contributed by atoms with van der Waals surface area (Å²) in [4.78, 5) is 2.29. The smallest absolute Gasteiger partial charge is 0.105 e. The first-order valence-corrected chi connectivity index (χ1v) is 14.7. The summed E-state index contributed by atoms with van der Waals surface area (Å²) in [6.45, 7) is 0. The zero-order chi connectivity index (χ0) is 28.8. The Bertz CT molecular complexity index is 2160. The number of benzene rings is 7. The van der Waals surface area contributed by atoms with Gasteiger partial charge in [0.15, 0.2) is 0 Å². The van der Waals surface area contributed by atoms with Gasteiger partial charge in [0.2, 0.25) is 0 Å². The Balaban J connectivity index is 1.28. The molecule has 2 nitrogen and oxygen atoms in total. The minimum absolute atomic E-state index is 0.654. The fourth-order valence-corrected chi connectivity index (χ4v) is 6.80. The minimum Gasteiger partial charge on any atom is -0.311 e. The highest BCUT2D eigenvalue weighted by atomic mass is 15.1. The van der Waals surface area contributed by atoms with Crippen LogP contribution in [-0.4, -0.2) is 0 Å². The normalized spacial score (nSPS) is 16.2. The van der Waals surface area contributed by atoms with Crippen molar-refractivity contribution in [3.05, 3.63) is 163 Å². The van der Waals surface area contributed by atoms with Crippen molar-refractivity contribution in [1.82, 2.24) is 0 Å². The Morgan fingerprint density at radius 2 is 1.14 bits per heavy atom. The molecule has 1 aliphatic carbocycles. The standard InChI is InChI=1S/C41H28N2/c42-28-41(26-8-3-9-27-41)38-25-19-31-17-23-36-35(22-16-30-18-24-37(38)40(31)39(30)36)29-14-20-34(21-15-29)43(32-10-4-1-5-11-32)33-12-6-2-7-13-33/h1-26H,27H2. The van der Waals surface area contributed by atoms with Crippen molar-refractivity contribution >= 4 is 49.4 Å². The first-order chi connectivity index (χ1) is 21.3. The second-order valence-electron chi connectivity index (χ2n) is 11.3. The van der Waals surface area contributed by atoms with Crippen molar-refractivity contribution in [3.8, 4) is 17.2 Å². The van der Waals surface area contributed by atoms with Crippen molar-refractivity contribution in [2.45, 2.75) is 11.8 Å². The van der Waals surface area contributed by atoms with Gasteiger partial charge in [0.25, 0.3) is 0 Å². The maximum Gasteiger partial charge on any atom is 0.105 e. The second-order valence-corrected chi connectivity index (χ2v) is 11.3. The molecule has 0 radical (unpaired) electrons. The summed E-state index contributed by atoms with van der Waals surface area (Å²) in [5.41, 5.74) is 6.17. The fraction of sp³-hybridized carbons (Fsp3) is 0.0488. The highest BCUT2D eigenvalue weighted by Gasteiger charge is 2.31. The summed E-state index contributed by atoms with van der Waals surface area (Å²) in [5, 5.41) is 17.7. The van der Waals surface area contributed by atoms with Crippen LogP contribution in [0.25, 0.3) is 43.4 Å². The van der Waals surface area contributed by atoms with E-state index in [1.807, 2.05) is 12.2 Å². The lowest BCUT2D eigenvalue weighted by Crippen LogP contribution is -2.22. The molecule has 7 aromatic rings. The molecule has 1 atom stereocenters. The van der Waals surface area contributed by atoms with Crippen molar-refractivity contribution in [2.24, 2.45) is 0 Å². The summed E-state index contributed by atoms with van der Waals surface area (Å²) in [7, 11) is 0. The molecule has 1 unspecified atom stereocenters. The molecule has 7 aromatic carbocycles. The van der Waals surface area contributed by atoms with Crippen LogP contribution in [-0.2, 0) is 5.41 Å². The molecule has 0 N–H and O–H groups in total. The molecule has 0 saturated carbocycles. The number of rotatable bonds is 5. The average Bonchev–Trinajstić information content (AvgIpc) is 3.09. The van der Waals surface area contributed by atoms with Gasteiger partial charge in [-0.3, -0.25) is 0 Å². The molecule has 0 saturated heterocycles. The van der Waals surface area contributed by atoms with E-state index in [4.69, 9.17) is 0 Å². The van der Waals surface area contributed by atoms with Crippen molar-refractivity contribution in [2.75, 3.05) is 4.90 Å². The van der Waals surface area contributed by atoms with E-state index in [2.05, 4.69) is 157 Å². The lowest BCUT2D eigenvalue weighted by molar-refractivity contribution is 0.697. The number of nitriles is 1. The number of para-hydroxylation sites is 2. The number of hydrogen-bond donors (Lipinski definition) is 0. The summed E-state index contributed by atoms with van der Waals surface area (Å²) >= 11 is 0. The van der Waals surface area contributed by atoms with Gasteiger partial charge in [-0.15, -0.1) is 0 Å². The van der Waals surface area contributed by atoms with Gasteiger partial charge < -0.3 is 4.90 Å². The molecule has 0 aromatic heterocycles.